The summed E-state index contributed by atoms with van der Waals surface area (Å²) in [4.78, 5) is 3.58. The van der Waals surface area contributed by atoms with Crippen LogP contribution in [-0.4, -0.2) is 16.7 Å². The molecule has 10 heteroatoms. The molecular formula is C18H17ClF2N3O3P. The maximum absolute atomic E-state index is 13.4. The van der Waals surface area contributed by atoms with Gasteiger partial charge in [0.05, 0.1) is 11.9 Å². The van der Waals surface area contributed by atoms with E-state index < -0.39 is 18.8 Å². The van der Waals surface area contributed by atoms with Crippen LogP contribution in [0.3, 0.4) is 0 Å². The zero-order valence-corrected chi connectivity index (χ0v) is 16.7. The van der Waals surface area contributed by atoms with Crippen molar-refractivity contribution in [3.05, 3.63) is 60.0 Å². The molecule has 0 aliphatic carbocycles. The van der Waals surface area contributed by atoms with Crippen LogP contribution in [0.5, 0.6) is 0 Å². The zero-order chi connectivity index (χ0) is 20.4. The standard InChI is InChI=1S/C18H17ClF2N3O3P/c1-3-26-28(25,24-14-6-4-5-12(2)11-14)15-9-7-13(8-10-15)16-22-17(27-23-16)18(19,20)21/h4-11H,3H2,1-2H3,(H,24,25). The van der Waals surface area contributed by atoms with E-state index >= 15 is 0 Å². The Morgan fingerprint density at radius 1 is 1.25 bits per heavy atom. The Labute approximate surface area is 165 Å². The van der Waals surface area contributed by atoms with Gasteiger partial charge in [-0.05, 0) is 55.3 Å². The Morgan fingerprint density at radius 3 is 2.54 bits per heavy atom. The summed E-state index contributed by atoms with van der Waals surface area (Å²) in [5, 5.41) is 3.12. The molecule has 1 atom stereocenters. The van der Waals surface area contributed by atoms with Gasteiger partial charge < -0.3 is 14.1 Å². The molecule has 0 amide bonds. The van der Waals surface area contributed by atoms with Crippen molar-refractivity contribution < 1.29 is 22.4 Å². The molecule has 0 radical (unpaired) electrons. The smallest absolute Gasteiger partial charge is 0.331 e. The van der Waals surface area contributed by atoms with Gasteiger partial charge in [0.1, 0.15) is 0 Å². The number of halogens is 3. The Balaban J connectivity index is 1.88. The van der Waals surface area contributed by atoms with Crippen LogP contribution in [-0.2, 0) is 14.5 Å². The van der Waals surface area contributed by atoms with Gasteiger partial charge >= 0.3 is 18.8 Å². The largest absolute Gasteiger partial charge is 0.400 e. The lowest BCUT2D eigenvalue weighted by molar-refractivity contribution is 0.0551. The van der Waals surface area contributed by atoms with Gasteiger partial charge in [-0.3, -0.25) is 4.57 Å². The summed E-state index contributed by atoms with van der Waals surface area (Å²) in [6.07, 6.45) is 0. The third-order valence-electron chi connectivity index (χ3n) is 3.74. The first-order chi connectivity index (χ1) is 13.2. The number of aryl methyl sites for hydroxylation is 1. The van der Waals surface area contributed by atoms with Crippen LogP contribution >= 0.6 is 19.1 Å². The van der Waals surface area contributed by atoms with Crippen molar-refractivity contribution in [3.8, 4) is 11.4 Å². The minimum Gasteiger partial charge on any atom is -0.331 e. The molecule has 6 nitrogen and oxygen atoms in total. The molecule has 3 aromatic rings. The third kappa shape index (κ3) is 4.58. The molecule has 1 N–H and O–H groups in total. The first-order valence-corrected chi connectivity index (χ1v) is 10.3. The van der Waals surface area contributed by atoms with E-state index in [0.717, 1.165) is 5.56 Å². The first-order valence-electron chi connectivity index (χ1n) is 8.33. The molecule has 3 rings (SSSR count). The van der Waals surface area contributed by atoms with Gasteiger partial charge in [0.2, 0.25) is 5.82 Å². The Hall–Kier alpha value is -2.28. The highest BCUT2D eigenvalue weighted by atomic mass is 35.5. The molecule has 1 unspecified atom stereocenters. The Kier molecular flexibility index (Phi) is 5.84. The SMILES string of the molecule is CCOP(=O)(Nc1cccc(C)c1)c1ccc(-c2noc(C(F)(F)Cl)n2)cc1. The summed E-state index contributed by atoms with van der Waals surface area (Å²) in [7, 11) is -3.40. The van der Waals surface area contributed by atoms with Crippen molar-refractivity contribution in [1.82, 2.24) is 10.1 Å². The normalized spacial score (nSPS) is 13.9. The number of rotatable bonds is 7. The molecule has 148 valence electrons. The minimum absolute atomic E-state index is 0.0558. The number of hydrogen-bond acceptors (Lipinski definition) is 5. The number of aromatic nitrogens is 2. The molecule has 28 heavy (non-hydrogen) atoms. The van der Waals surface area contributed by atoms with Gasteiger partial charge in [-0.1, -0.05) is 29.4 Å². The fraction of sp³-hybridized carbons (Fsp3) is 0.222. The van der Waals surface area contributed by atoms with E-state index in [-0.39, 0.29) is 12.4 Å². The fourth-order valence-corrected chi connectivity index (χ4v) is 4.30. The minimum atomic E-state index is -3.74. The van der Waals surface area contributed by atoms with E-state index in [1.165, 1.54) is 0 Å². The van der Waals surface area contributed by atoms with Crippen LogP contribution in [0.1, 0.15) is 18.4 Å². The second-order valence-corrected chi connectivity index (χ2v) is 8.49. The summed E-state index contributed by atoms with van der Waals surface area (Å²) in [5.74, 6) is -1.05. The second kappa shape index (κ2) is 7.99. The molecule has 0 saturated heterocycles. The Morgan fingerprint density at radius 2 is 1.96 bits per heavy atom. The highest BCUT2D eigenvalue weighted by Gasteiger charge is 2.35. The average Bonchev–Trinajstić information content (AvgIpc) is 3.12. The van der Waals surface area contributed by atoms with E-state index in [2.05, 4.69) is 19.8 Å². The van der Waals surface area contributed by atoms with Crippen LogP contribution < -0.4 is 10.4 Å². The summed E-state index contributed by atoms with van der Waals surface area (Å²) in [6.45, 7) is 3.90. The van der Waals surface area contributed by atoms with E-state index in [1.807, 2.05) is 25.1 Å². The van der Waals surface area contributed by atoms with Crippen molar-refractivity contribution in [2.75, 3.05) is 11.7 Å². The van der Waals surface area contributed by atoms with Crippen molar-refractivity contribution in [2.24, 2.45) is 0 Å². The lowest BCUT2D eigenvalue weighted by atomic mass is 10.2. The van der Waals surface area contributed by atoms with Crippen LogP contribution in [0.2, 0.25) is 0 Å². The fourth-order valence-electron chi connectivity index (χ4n) is 2.50. The van der Waals surface area contributed by atoms with Crippen molar-refractivity contribution in [2.45, 2.75) is 19.2 Å². The number of nitrogens with one attached hydrogen (secondary N) is 1. The Bertz CT molecular complexity index is 1010. The van der Waals surface area contributed by atoms with Gasteiger partial charge in [-0.2, -0.15) is 13.8 Å². The number of anilines is 1. The quantitative estimate of drug-likeness (QED) is 0.407. The number of nitrogens with zero attached hydrogens (tertiary/aromatic N) is 2. The molecule has 0 bridgehead atoms. The maximum Gasteiger partial charge on any atom is 0.400 e. The van der Waals surface area contributed by atoms with Crippen LogP contribution in [0.15, 0.2) is 53.1 Å². The third-order valence-corrected chi connectivity index (χ3v) is 6.05. The monoisotopic (exact) mass is 427 g/mol. The molecule has 0 aliphatic rings. The van der Waals surface area contributed by atoms with E-state index in [0.29, 0.717) is 16.6 Å². The molecule has 1 heterocycles. The number of benzene rings is 2. The predicted molar refractivity (Wildman–Crippen MR) is 103 cm³/mol. The molecule has 2 aromatic carbocycles. The van der Waals surface area contributed by atoms with Gasteiger partial charge in [-0.25, -0.2) is 0 Å². The summed E-state index contributed by atoms with van der Waals surface area (Å²) >= 11 is 4.88. The van der Waals surface area contributed by atoms with Crippen LogP contribution in [0.4, 0.5) is 14.5 Å². The second-order valence-electron chi connectivity index (χ2n) is 5.92. The topological polar surface area (TPSA) is 77.2 Å². The summed E-state index contributed by atoms with van der Waals surface area (Å²) in [6, 6.07) is 13.6. The van der Waals surface area contributed by atoms with E-state index in [4.69, 9.17) is 16.1 Å². The summed E-state index contributed by atoms with van der Waals surface area (Å²) in [5.41, 5.74) is 2.07. The van der Waals surface area contributed by atoms with Crippen molar-refractivity contribution in [3.63, 3.8) is 0 Å². The molecule has 0 fully saturated rings. The molecule has 0 saturated carbocycles. The van der Waals surface area contributed by atoms with Gasteiger partial charge in [0.15, 0.2) is 0 Å². The first kappa shape index (κ1) is 20.5. The summed E-state index contributed by atoms with van der Waals surface area (Å²) < 4.78 is 49.4. The van der Waals surface area contributed by atoms with Crippen molar-refractivity contribution >= 4 is 30.1 Å². The van der Waals surface area contributed by atoms with Gasteiger partial charge in [-0.15, -0.1) is 0 Å². The van der Waals surface area contributed by atoms with Crippen molar-refractivity contribution in [1.29, 1.82) is 0 Å². The predicted octanol–water partition coefficient (Wildman–Crippen LogP) is 5.30. The molecule has 0 aliphatic heterocycles. The highest BCUT2D eigenvalue weighted by molar-refractivity contribution is 7.68. The molecular weight excluding hydrogens is 411 g/mol. The van der Waals surface area contributed by atoms with E-state index in [9.17, 15) is 13.3 Å². The number of hydrogen-bond donors (Lipinski definition) is 1. The van der Waals surface area contributed by atoms with Crippen LogP contribution in [0.25, 0.3) is 11.4 Å². The lowest BCUT2D eigenvalue weighted by Gasteiger charge is -2.20. The molecule has 1 aromatic heterocycles. The maximum atomic E-state index is 13.4. The lowest BCUT2D eigenvalue weighted by Crippen LogP contribution is -2.14. The average molecular weight is 428 g/mol. The van der Waals surface area contributed by atoms with E-state index in [1.54, 1.807) is 37.3 Å². The molecule has 0 spiro atoms. The highest BCUT2D eigenvalue weighted by Crippen LogP contribution is 2.45. The van der Waals surface area contributed by atoms with Crippen LogP contribution in [0, 0.1) is 6.92 Å². The van der Waals surface area contributed by atoms with Gasteiger partial charge in [0, 0.05) is 11.3 Å². The zero-order valence-electron chi connectivity index (χ0n) is 15.0. The van der Waals surface area contributed by atoms with Gasteiger partial charge in [0.25, 0.3) is 0 Å². The number of alkyl halides is 3.